The molecule has 1 atom stereocenters. The minimum Gasteiger partial charge on any atom is -0.432 e. The summed E-state index contributed by atoms with van der Waals surface area (Å²) in [5.74, 6) is -0.180. The molecule has 3 rings (SSSR count). The molecule has 38 heavy (non-hydrogen) atoms. The summed E-state index contributed by atoms with van der Waals surface area (Å²) in [6.07, 6.45) is 9.68. The van der Waals surface area contributed by atoms with Crippen LogP contribution >= 0.6 is 0 Å². The standard InChI is InChI=1S/C28H45N5O3Si2/c1-26(2,3)38(9,10)36-18-28(6,12-11-27(4,5)37(7,8)35)33-17-23(22-16-31-19-32-25(22)33)24(34)20-13-21(29)15-30-14-20/h13-17,19,35H,11-12,18,29H2,1-10H3. The molecular formula is C28H45N5O3Si2. The lowest BCUT2D eigenvalue weighted by atomic mass is 9.91. The van der Waals surface area contributed by atoms with Crippen LogP contribution in [-0.4, -0.2) is 53.3 Å². The maximum Gasteiger partial charge on any atom is 0.196 e. The van der Waals surface area contributed by atoms with E-state index in [4.69, 9.17) is 10.2 Å². The highest BCUT2D eigenvalue weighted by molar-refractivity contribution is 6.74. The van der Waals surface area contributed by atoms with E-state index in [-0.39, 0.29) is 15.9 Å². The molecule has 1 unspecified atom stereocenters. The van der Waals surface area contributed by atoms with Gasteiger partial charge in [-0.2, -0.15) is 0 Å². The summed E-state index contributed by atoms with van der Waals surface area (Å²) in [7, 11) is -4.51. The summed E-state index contributed by atoms with van der Waals surface area (Å²) in [5.41, 5.74) is 7.43. The first-order valence-corrected chi connectivity index (χ1v) is 19.1. The number of rotatable bonds is 10. The van der Waals surface area contributed by atoms with E-state index in [1.54, 1.807) is 12.3 Å². The molecule has 0 saturated carbocycles. The number of carbonyl (C=O) groups excluding carboxylic acids is 1. The molecule has 3 heterocycles. The van der Waals surface area contributed by atoms with Gasteiger partial charge in [0, 0.05) is 35.7 Å². The predicted octanol–water partition coefficient (Wildman–Crippen LogP) is 6.13. The fourth-order valence-electron chi connectivity index (χ4n) is 4.00. The highest BCUT2D eigenvalue weighted by Gasteiger charge is 2.43. The van der Waals surface area contributed by atoms with Crippen LogP contribution in [0.25, 0.3) is 11.0 Å². The zero-order valence-corrected chi connectivity index (χ0v) is 26.7. The van der Waals surface area contributed by atoms with Gasteiger partial charge in [-0.15, -0.1) is 0 Å². The van der Waals surface area contributed by atoms with E-state index in [2.05, 4.69) is 74.2 Å². The molecular weight excluding hydrogens is 511 g/mol. The first kappa shape index (κ1) is 30.1. The van der Waals surface area contributed by atoms with E-state index in [0.29, 0.717) is 34.5 Å². The Morgan fingerprint density at radius 2 is 1.68 bits per heavy atom. The van der Waals surface area contributed by atoms with E-state index in [1.807, 2.05) is 19.3 Å². The van der Waals surface area contributed by atoms with Gasteiger partial charge in [-0.25, -0.2) is 9.97 Å². The number of aromatic nitrogens is 4. The van der Waals surface area contributed by atoms with Gasteiger partial charge in [0.05, 0.1) is 23.4 Å². The second-order valence-electron chi connectivity index (χ2n) is 13.5. The van der Waals surface area contributed by atoms with Crippen molar-refractivity contribution in [2.45, 2.75) is 96.2 Å². The van der Waals surface area contributed by atoms with Crippen LogP contribution in [0.5, 0.6) is 0 Å². The number of nitrogens with zero attached hydrogens (tertiary/aromatic N) is 4. The zero-order chi connectivity index (χ0) is 28.7. The minimum atomic E-state index is -2.43. The number of carbonyl (C=O) groups is 1. The van der Waals surface area contributed by atoms with Crippen molar-refractivity contribution < 1.29 is 14.0 Å². The molecule has 10 heteroatoms. The van der Waals surface area contributed by atoms with Crippen molar-refractivity contribution >= 4 is 39.1 Å². The Balaban J connectivity index is 2.14. The Labute approximate surface area is 229 Å². The average molecular weight is 556 g/mol. The topological polar surface area (TPSA) is 116 Å². The van der Waals surface area contributed by atoms with Crippen molar-refractivity contribution in [1.29, 1.82) is 0 Å². The van der Waals surface area contributed by atoms with Crippen LogP contribution in [0.1, 0.15) is 70.3 Å². The molecule has 8 nitrogen and oxygen atoms in total. The maximum atomic E-state index is 13.6. The second kappa shape index (κ2) is 10.3. The summed E-state index contributed by atoms with van der Waals surface area (Å²) in [5, 5.41) is 0.513. The zero-order valence-electron chi connectivity index (χ0n) is 24.7. The van der Waals surface area contributed by atoms with Crippen molar-refractivity contribution in [3.63, 3.8) is 0 Å². The lowest BCUT2D eigenvalue weighted by molar-refractivity contribution is 0.103. The highest BCUT2D eigenvalue weighted by Crippen LogP contribution is 2.44. The molecule has 0 bridgehead atoms. The number of nitrogen functional groups attached to an aromatic ring is 1. The van der Waals surface area contributed by atoms with Gasteiger partial charge < -0.3 is 19.5 Å². The number of anilines is 1. The number of hydrogen-bond donors (Lipinski definition) is 2. The highest BCUT2D eigenvalue weighted by atomic mass is 28.4. The minimum absolute atomic E-state index is 0.0511. The summed E-state index contributed by atoms with van der Waals surface area (Å²) >= 11 is 0. The van der Waals surface area contributed by atoms with Crippen molar-refractivity contribution in [3.8, 4) is 0 Å². The smallest absolute Gasteiger partial charge is 0.196 e. The lowest BCUT2D eigenvalue weighted by Crippen LogP contribution is -2.47. The van der Waals surface area contributed by atoms with Crippen LogP contribution in [0, 0.1) is 0 Å². The first-order valence-electron chi connectivity index (χ1n) is 13.2. The van der Waals surface area contributed by atoms with Gasteiger partial charge in [-0.05, 0) is 62.1 Å². The number of pyridine rings is 1. The van der Waals surface area contributed by atoms with Crippen LogP contribution < -0.4 is 5.73 Å². The quantitative estimate of drug-likeness (QED) is 0.228. The SMILES string of the molecule is CC(CCC(C)(C)[Si](C)(C)O)(CO[Si](C)(C)C(C)(C)C)n1cc(C(=O)c2cncc(N)c2)c2cncnc21. The van der Waals surface area contributed by atoms with Crippen LogP contribution in [0.3, 0.4) is 0 Å². The summed E-state index contributed by atoms with van der Waals surface area (Å²) in [6.45, 7) is 22.1. The fourth-order valence-corrected chi connectivity index (χ4v) is 5.84. The third kappa shape index (κ3) is 6.08. The van der Waals surface area contributed by atoms with Gasteiger partial charge in [-0.1, -0.05) is 34.6 Å². The van der Waals surface area contributed by atoms with Crippen LogP contribution in [-0.2, 0) is 9.96 Å². The van der Waals surface area contributed by atoms with Gasteiger partial charge >= 0.3 is 0 Å². The molecule has 0 aliphatic heterocycles. The van der Waals surface area contributed by atoms with E-state index >= 15 is 0 Å². The fraction of sp³-hybridized carbons (Fsp3) is 0.571. The van der Waals surface area contributed by atoms with E-state index in [1.165, 1.54) is 18.7 Å². The molecule has 0 radical (unpaired) electrons. The molecule has 0 aromatic carbocycles. The first-order chi connectivity index (χ1) is 17.3. The summed E-state index contributed by atoms with van der Waals surface area (Å²) in [4.78, 5) is 37.6. The Bertz CT molecular complexity index is 1280. The molecule has 0 fully saturated rings. The molecule has 0 aliphatic carbocycles. The lowest BCUT2D eigenvalue weighted by Gasteiger charge is -2.43. The maximum absolute atomic E-state index is 13.6. The molecule has 0 aliphatic rings. The largest absolute Gasteiger partial charge is 0.432 e. The third-order valence-corrected chi connectivity index (χ3v) is 16.9. The molecule has 3 N–H and O–H groups in total. The van der Waals surface area contributed by atoms with E-state index in [9.17, 15) is 9.59 Å². The van der Waals surface area contributed by atoms with Crippen molar-refractivity contribution in [2.24, 2.45) is 0 Å². The molecule has 3 aromatic rings. The Morgan fingerprint density at radius 3 is 2.26 bits per heavy atom. The number of nitrogens with two attached hydrogens (primary N) is 1. The number of hydrogen-bond acceptors (Lipinski definition) is 7. The van der Waals surface area contributed by atoms with Crippen LogP contribution in [0.4, 0.5) is 5.69 Å². The monoisotopic (exact) mass is 555 g/mol. The van der Waals surface area contributed by atoms with E-state index in [0.717, 1.165) is 12.8 Å². The van der Waals surface area contributed by atoms with Crippen molar-refractivity contribution in [2.75, 3.05) is 12.3 Å². The Hall–Kier alpha value is -2.41. The summed E-state index contributed by atoms with van der Waals surface area (Å²) in [6, 6.07) is 1.64. The number of ketones is 1. The summed E-state index contributed by atoms with van der Waals surface area (Å²) < 4.78 is 8.88. The van der Waals surface area contributed by atoms with Gasteiger partial charge in [0.15, 0.2) is 22.4 Å². The van der Waals surface area contributed by atoms with Crippen molar-refractivity contribution in [1.82, 2.24) is 19.5 Å². The molecule has 0 saturated heterocycles. The van der Waals surface area contributed by atoms with Gasteiger partial charge in [0.2, 0.25) is 0 Å². The predicted molar refractivity (Wildman–Crippen MR) is 159 cm³/mol. The Morgan fingerprint density at radius 1 is 1.03 bits per heavy atom. The molecule has 3 aromatic heterocycles. The van der Waals surface area contributed by atoms with Crippen LogP contribution in [0.15, 0.2) is 37.2 Å². The van der Waals surface area contributed by atoms with Gasteiger partial charge in [0.25, 0.3) is 0 Å². The normalized spacial score (nSPS) is 15.0. The van der Waals surface area contributed by atoms with Gasteiger partial charge in [-0.3, -0.25) is 9.78 Å². The van der Waals surface area contributed by atoms with E-state index < -0.39 is 22.2 Å². The van der Waals surface area contributed by atoms with Crippen molar-refractivity contribution in [3.05, 3.63) is 48.3 Å². The molecule has 0 spiro atoms. The Kier molecular flexibility index (Phi) is 8.16. The molecule has 208 valence electrons. The number of fused-ring (bicyclic) bond motifs is 1. The van der Waals surface area contributed by atoms with Crippen LogP contribution in [0.2, 0.25) is 36.3 Å². The third-order valence-electron chi connectivity index (χ3n) is 8.81. The average Bonchev–Trinajstić information content (AvgIpc) is 3.20. The second-order valence-corrected chi connectivity index (χ2v) is 22.8. The van der Waals surface area contributed by atoms with Gasteiger partial charge in [0.1, 0.15) is 12.0 Å². The molecule has 0 amide bonds.